The molecule has 27 heavy (non-hydrogen) atoms. The van der Waals surface area contributed by atoms with Crippen LogP contribution in [0.5, 0.6) is 0 Å². The van der Waals surface area contributed by atoms with Crippen molar-refractivity contribution >= 4 is 11.8 Å². The lowest BCUT2D eigenvalue weighted by Crippen LogP contribution is -2.57. The second kappa shape index (κ2) is 5.00. The molecule has 0 aliphatic heterocycles. The Morgan fingerprint density at radius 3 is 2.30 bits per heavy atom. The Kier molecular flexibility index (Phi) is 3.37. The molecule has 0 unspecified atom stereocenters. The standard InChI is InChI=1S/C24H36O3/c1-15(25)27-19-9-11-23-14-24(23)13-12-22(5)18(26)8-10-21(22,4)17(24)7-6-16(23)20(19,2)3/h16-17,19H,6-14H2,1-5H3/t16-,17-,19-,21-,22+,23+,24-/m0/s1. The van der Waals surface area contributed by atoms with Crippen molar-refractivity contribution in [3.63, 3.8) is 0 Å². The fourth-order valence-corrected chi connectivity index (χ4v) is 9.48. The predicted molar refractivity (Wildman–Crippen MR) is 104 cm³/mol. The van der Waals surface area contributed by atoms with E-state index in [1.54, 1.807) is 6.92 Å². The van der Waals surface area contributed by atoms with E-state index in [0.717, 1.165) is 25.7 Å². The molecule has 5 aliphatic carbocycles. The summed E-state index contributed by atoms with van der Waals surface area (Å²) >= 11 is 0. The summed E-state index contributed by atoms with van der Waals surface area (Å²) in [6, 6.07) is 0. The lowest BCUT2D eigenvalue weighted by molar-refractivity contribution is -0.179. The minimum absolute atomic E-state index is 0.0611. The van der Waals surface area contributed by atoms with Crippen molar-refractivity contribution in [2.24, 2.45) is 38.9 Å². The van der Waals surface area contributed by atoms with Gasteiger partial charge in [-0.1, -0.05) is 27.7 Å². The van der Waals surface area contributed by atoms with E-state index in [0.29, 0.717) is 28.4 Å². The highest BCUT2D eigenvalue weighted by molar-refractivity contribution is 5.88. The van der Waals surface area contributed by atoms with Crippen LogP contribution in [0.4, 0.5) is 0 Å². The molecule has 0 aromatic carbocycles. The van der Waals surface area contributed by atoms with E-state index >= 15 is 0 Å². The van der Waals surface area contributed by atoms with Gasteiger partial charge in [0.05, 0.1) is 0 Å². The molecule has 0 aromatic rings. The van der Waals surface area contributed by atoms with Crippen molar-refractivity contribution in [1.82, 2.24) is 0 Å². The van der Waals surface area contributed by atoms with Gasteiger partial charge in [0.25, 0.3) is 0 Å². The summed E-state index contributed by atoms with van der Waals surface area (Å²) in [6.07, 6.45) is 10.4. The highest BCUT2D eigenvalue weighted by Crippen LogP contribution is 2.88. The van der Waals surface area contributed by atoms with Crippen LogP contribution < -0.4 is 0 Å². The number of ether oxygens (including phenoxy) is 1. The van der Waals surface area contributed by atoms with Crippen LogP contribution in [-0.2, 0) is 14.3 Å². The Labute approximate surface area is 164 Å². The number of esters is 1. The van der Waals surface area contributed by atoms with Crippen molar-refractivity contribution in [2.45, 2.75) is 98.5 Å². The fraction of sp³-hybridized carbons (Fsp3) is 0.917. The van der Waals surface area contributed by atoms with Gasteiger partial charge in [-0.05, 0) is 79.4 Å². The summed E-state index contributed by atoms with van der Waals surface area (Å²) in [7, 11) is 0. The first-order chi connectivity index (χ1) is 12.5. The molecule has 0 N–H and O–H groups in total. The maximum atomic E-state index is 12.8. The average molecular weight is 373 g/mol. The van der Waals surface area contributed by atoms with Crippen LogP contribution in [0.3, 0.4) is 0 Å². The maximum absolute atomic E-state index is 12.8. The molecule has 0 aromatic heterocycles. The summed E-state index contributed by atoms with van der Waals surface area (Å²) in [5.74, 6) is 1.78. The first-order valence-electron chi connectivity index (χ1n) is 11.2. The summed E-state index contributed by atoms with van der Waals surface area (Å²) < 4.78 is 5.79. The number of rotatable bonds is 1. The van der Waals surface area contributed by atoms with E-state index < -0.39 is 0 Å². The second-order valence-electron chi connectivity index (χ2n) is 11.8. The number of carbonyl (C=O) groups is 2. The van der Waals surface area contributed by atoms with E-state index in [9.17, 15) is 9.59 Å². The third kappa shape index (κ3) is 1.86. The lowest BCUT2D eigenvalue weighted by Gasteiger charge is -2.61. The van der Waals surface area contributed by atoms with Gasteiger partial charge in [0, 0.05) is 24.2 Å². The number of ketones is 1. The van der Waals surface area contributed by atoms with Crippen LogP contribution in [0, 0.1) is 38.9 Å². The molecule has 0 heterocycles. The van der Waals surface area contributed by atoms with E-state index in [2.05, 4.69) is 27.7 Å². The van der Waals surface area contributed by atoms with Crippen molar-refractivity contribution < 1.29 is 14.3 Å². The molecule has 0 radical (unpaired) electrons. The summed E-state index contributed by atoms with van der Waals surface area (Å²) in [6.45, 7) is 11.0. The molecule has 5 aliphatic rings. The molecule has 0 bridgehead atoms. The van der Waals surface area contributed by atoms with E-state index in [4.69, 9.17) is 4.74 Å². The average Bonchev–Trinajstić information content (AvgIpc) is 3.19. The number of Topliss-reactive ketones (excluding diaryl/α,β-unsaturated/α-hetero) is 1. The third-order valence-corrected chi connectivity index (χ3v) is 11.1. The molecular weight excluding hydrogens is 336 g/mol. The van der Waals surface area contributed by atoms with Crippen LogP contribution in [0.25, 0.3) is 0 Å². The molecule has 5 fully saturated rings. The van der Waals surface area contributed by atoms with E-state index in [1.807, 2.05) is 0 Å². The highest BCUT2D eigenvalue weighted by atomic mass is 16.5. The minimum atomic E-state index is -0.131. The number of carbonyl (C=O) groups excluding carboxylic acids is 2. The molecule has 0 amide bonds. The van der Waals surface area contributed by atoms with Crippen LogP contribution >= 0.6 is 0 Å². The van der Waals surface area contributed by atoms with Crippen molar-refractivity contribution in [3.05, 3.63) is 0 Å². The first-order valence-corrected chi connectivity index (χ1v) is 11.2. The molecule has 3 nitrogen and oxygen atoms in total. The topological polar surface area (TPSA) is 43.4 Å². The molecule has 7 atom stereocenters. The monoisotopic (exact) mass is 372 g/mol. The molecule has 3 heteroatoms. The zero-order valence-electron chi connectivity index (χ0n) is 17.8. The zero-order chi connectivity index (χ0) is 19.5. The zero-order valence-corrected chi connectivity index (χ0v) is 17.8. The van der Waals surface area contributed by atoms with Gasteiger partial charge in [0.15, 0.2) is 0 Å². The minimum Gasteiger partial charge on any atom is -0.462 e. The Hall–Kier alpha value is -0.860. The van der Waals surface area contributed by atoms with Crippen molar-refractivity contribution in [3.8, 4) is 0 Å². The second-order valence-corrected chi connectivity index (χ2v) is 11.8. The van der Waals surface area contributed by atoms with Gasteiger partial charge in [-0.3, -0.25) is 9.59 Å². The van der Waals surface area contributed by atoms with Gasteiger partial charge in [0.1, 0.15) is 11.9 Å². The molecule has 150 valence electrons. The Morgan fingerprint density at radius 2 is 1.59 bits per heavy atom. The Balaban J connectivity index is 1.50. The fourth-order valence-electron chi connectivity index (χ4n) is 9.48. The lowest BCUT2D eigenvalue weighted by atomic mass is 9.43. The smallest absolute Gasteiger partial charge is 0.302 e. The van der Waals surface area contributed by atoms with Crippen LogP contribution in [0.2, 0.25) is 0 Å². The van der Waals surface area contributed by atoms with Crippen LogP contribution in [0.1, 0.15) is 92.4 Å². The molecule has 2 spiro atoms. The molecular formula is C24H36O3. The molecule has 0 saturated heterocycles. The van der Waals surface area contributed by atoms with Gasteiger partial charge in [-0.25, -0.2) is 0 Å². The molecule has 5 rings (SSSR count). The van der Waals surface area contributed by atoms with Crippen molar-refractivity contribution in [1.29, 1.82) is 0 Å². The predicted octanol–water partition coefficient (Wildman–Crippen LogP) is 5.31. The normalized spacial score (nSPS) is 55.0. The van der Waals surface area contributed by atoms with E-state index in [1.165, 1.54) is 32.1 Å². The number of hydrogen-bond donors (Lipinski definition) is 0. The van der Waals surface area contributed by atoms with Gasteiger partial charge in [0.2, 0.25) is 0 Å². The van der Waals surface area contributed by atoms with Crippen molar-refractivity contribution in [2.75, 3.05) is 0 Å². The summed E-state index contributed by atoms with van der Waals surface area (Å²) in [4.78, 5) is 24.5. The quantitative estimate of drug-likeness (QED) is 0.586. The van der Waals surface area contributed by atoms with Gasteiger partial charge in [-0.15, -0.1) is 0 Å². The van der Waals surface area contributed by atoms with Gasteiger partial charge >= 0.3 is 5.97 Å². The van der Waals surface area contributed by atoms with Crippen LogP contribution in [-0.4, -0.2) is 17.9 Å². The third-order valence-electron chi connectivity index (χ3n) is 11.1. The number of hydrogen-bond acceptors (Lipinski definition) is 3. The Bertz CT molecular complexity index is 725. The highest BCUT2D eigenvalue weighted by Gasteiger charge is 2.82. The summed E-state index contributed by atoms with van der Waals surface area (Å²) in [5, 5.41) is 0. The number of fused-ring (bicyclic) bond motifs is 2. The van der Waals surface area contributed by atoms with Crippen LogP contribution in [0.15, 0.2) is 0 Å². The summed E-state index contributed by atoms with van der Waals surface area (Å²) in [5.41, 5.74) is 1.10. The first kappa shape index (κ1) is 18.2. The maximum Gasteiger partial charge on any atom is 0.302 e. The SMILES string of the molecule is CC(=O)O[C@H]1CC[C@]23C[C@]24CC[C@]2(C)C(=O)CC[C@@]2(C)[C@@H]4CC[C@H]3C1(C)C. The largest absolute Gasteiger partial charge is 0.462 e. The van der Waals surface area contributed by atoms with Gasteiger partial charge < -0.3 is 4.74 Å². The molecule has 5 saturated carbocycles. The Morgan fingerprint density at radius 1 is 0.926 bits per heavy atom. The van der Waals surface area contributed by atoms with Gasteiger partial charge in [-0.2, -0.15) is 0 Å². The van der Waals surface area contributed by atoms with E-state index in [-0.39, 0.29) is 28.3 Å².